The molecule has 0 fully saturated rings. The molecule has 1 heterocycles. The smallest absolute Gasteiger partial charge is 0.329 e. The van der Waals surface area contributed by atoms with Gasteiger partial charge < -0.3 is 9.05 Å². The Hall–Kier alpha value is -1.66. The molecule has 23 heavy (non-hydrogen) atoms. The number of hydrogen-bond acceptors (Lipinski definition) is 5. The van der Waals surface area contributed by atoms with E-state index in [4.69, 9.17) is 4.52 Å². The van der Waals surface area contributed by atoms with Crippen LogP contribution < -0.4 is 0 Å². The molecule has 0 N–H and O–H groups in total. The first-order valence-corrected chi connectivity index (χ1v) is 9.02. The average molecular weight is 348 g/mol. The maximum absolute atomic E-state index is 12.4. The highest BCUT2D eigenvalue weighted by Crippen LogP contribution is 2.56. The lowest BCUT2D eigenvalue weighted by atomic mass is 10.1. The summed E-state index contributed by atoms with van der Waals surface area (Å²) in [6, 6.07) is 6.45. The fourth-order valence-electron chi connectivity index (χ4n) is 2.01. The molecule has 0 aliphatic carbocycles. The fourth-order valence-corrected chi connectivity index (χ4v) is 3.46. The van der Waals surface area contributed by atoms with Gasteiger partial charge in [-0.15, -0.1) is 0 Å². The van der Waals surface area contributed by atoms with Crippen molar-refractivity contribution in [1.29, 1.82) is 0 Å². The van der Waals surface area contributed by atoms with Crippen LogP contribution in [0.15, 0.2) is 28.8 Å². The van der Waals surface area contributed by atoms with E-state index in [2.05, 4.69) is 14.7 Å². The molecule has 0 bridgehead atoms. The largest absolute Gasteiger partial charge is 0.471 e. The van der Waals surface area contributed by atoms with Crippen molar-refractivity contribution in [2.75, 3.05) is 13.3 Å². The van der Waals surface area contributed by atoms with Crippen LogP contribution in [0.2, 0.25) is 0 Å². The van der Waals surface area contributed by atoms with Crippen molar-refractivity contribution in [3.05, 3.63) is 35.7 Å². The van der Waals surface area contributed by atoms with Crippen molar-refractivity contribution in [3.8, 4) is 11.4 Å². The summed E-state index contributed by atoms with van der Waals surface area (Å²) in [5.74, 6) is -1.54. The Labute approximate surface area is 131 Å². The van der Waals surface area contributed by atoms with Gasteiger partial charge in [0.25, 0.3) is 0 Å². The lowest BCUT2D eigenvalue weighted by molar-refractivity contribution is -0.159. The predicted molar refractivity (Wildman–Crippen MR) is 78.3 cm³/mol. The molecule has 1 aromatic carbocycles. The van der Waals surface area contributed by atoms with Crippen molar-refractivity contribution in [1.82, 2.24) is 10.1 Å². The van der Waals surface area contributed by atoms with Gasteiger partial charge in [0.05, 0.1) is 12.3 Å². The summed E-state index contributed by atoms with van der Waals surface area (Å²) in [4.78, 5) is 3.32. The molecule has 1 aromatic heterocycles. The van der Waals surface area contributed by atoms with Crippen molar-refractivity contribution in [3.63, 3.8) is 0 Å². The van der Waals surface area contributed by atoms with Crippen molar-refractivity contribution in [2.45, 2.75) is 25.7 Å². The molecule has 0 radical (unpaired) electrons. The Bertz CT molecular complexity index is 713. The first-order valence-electron chi connectivity index (χ1n) is 6.88. The second-order valence-corrected chi connectivity index (χ2v) is 7.90. The normalized spacial score (nSPS) is 16.1. The quantitative estimate of drug-likeness (QED) is 0.729. The maximum Gasteiger partial charge on any atom is 0.471 e. The van der Waals surface area contributed by atoms with E-state index in [9.17, 15) is 17.7 Å². The molecule has 0 aliphatic heterocycles. The van der Waals surface area contributed by atoms with Gasteiger partial charge in [0, 0.05) is 12.2 Å². The summed E-state index contributed by atoms with van der Waals surface area (Å²) in [6.45, 7) is 5.45. The minimum Gasteiger partial charge on any atom is -0.329 e. The molecule has 2 aromatic rings. The van der Waals surface area contributed by atoms with Gasteiger partial charge >= 0.3 is 12.1 Å². The van der Waals surface area contributed by atoms with Crippen LogP contribution in [0.1, 0.15) is 31.0 Å². The van der Waals surface area contributed by atoms with E-state index in [1.165, 1.54) is 0 Å². The van der Waals surface area contributed by atoms with Gasteiger partial charge in [-0.05, 0) is 19.4 Å². The first-order chi connectivity index (χ1) is 10.6. The third-order valence-corrected chi connectivity index (χ3v) is 5.88. The molecule has 2 unspecified atom stereocenters. The van der Waals surface area contributed by atoms with E-state index in [0.717, 1.165) is 5.56 Å². The SMILES string of the molecule is CCOP(C)(=O)C(C)c1ccc(-c2noc(C(F)(F)F)n2)cc1. The molecule has 0 saturated carbocycles. The van der Waals surface area contributed by atoms with Crippen LogP contribution in [0.4, 0.5) is 13.2 Å². The van der Waals surface area contributed by atoms with E-state index in [1.54, 1.807) is 44.8 Å². The van der Waals surface area contributed by atoms with Crippen LogP contribution in [0, 0.1) is 0 Å². The van der Waals surface area contributed by atoms with Crippen LogP contribution in [-0.2, 0) is 15.3 Å². The minimum absolute atomic E-state index is 0.152. The van der Waals surface area contributed by atoms with E-state index in [0.29, 0.717) is 12.2 Å². The zero-order valence-corrected chi connectivity index (χ0v) is 13.7. The van der Waals surface area contributed by atoms with Crippen molar-refractivity contribution >= 4 is 7.37 Å². The Balaban J connectivity index is 2.23. The number of aromatic nitrogens is 2. The molecule has 9 heteroatoms. The van der Waals surface area contributed by atoms with E-state index in [-0.39, 0.29) is 11.5 Å². The second-order valence-electron chi connectivity index (χ2n) is 5.05. The highest BCUT2D eigenvalue weighted by Gasteiger charge is 2.38. The summed E-state index contributed by atoms with van der Waals surface area (Å²) in [7, 11) is -2.81. The van der Waals surface area contributed by atoms with Crippen LogP contribution >= 0.6 is 7.37 Å². The monoisotopic (exact) mass is 348 g/mol. The second kappa shape index (κ2) is 6.45. The Morgan fingerprint density at radius 2 is 1.91 bits per heavy atom. The average Bonchev–Trinajstić information content (AvgIpc) is 2.96. The van der Waals surface area contributed by atoms with Gasteiger partial charge in [-0.2, -0.15) is 18.2 Å². The third kappa shape index (κ3) is 4.00. The van der Waals surface area contributed by atoms with Crippen LogP contribution in [0.5, 0.6) is 0 Å². The van der Waals surface area contributed by atoms with Gasteiger partial charge in [-0.25, -0.2) is 0 Å². The number of alkyl halides is 3. The summed E-state index contributed by atoms with van der Waals surface area (Å²) in [5, 5.41) is 3.32. The van der Waals surface area contributed by atoms with Gasteiger partial charge in [-0.3, -0.25) is 4.57 Å². The summed E-state index contributed by atoms with van der Waals surface area (Å²) >= 11 is 0. The van der Waals surface area contributed by atoms with E-state index in [1.807, 2.05) is 0 Å². The fraction of sp³-hybridized carbons (Fsp3) is 0.429. The molecule has 2 atom stereocenters. The first kappa shape index (κ1) is 17.7. The maximum atomic E-state index is 12.4. The lowest BCUT2D eigenvalue weighted by Crippen LogP contribution is -2.04. The minimum atomic E-state index is -4.67. The van der Waals surface area contributed by atoms with Crippen LogP contribution in [-0.4, -0.2) is 23.4 Å². The summed E-state index contributed by atoms with van der Waals surface area (Å²) < 4.78 is 59.2. The predicted octanol–water partition coefficient (Wildman–Crippen LogP) is 4.76. The summed E-state index contributed by atoms with van der Waals surface area (Å²) in [6.07, 6.45) is -4.67. The lowest BCUT2D eigenvalue weighted by Gasteiger charge is -2.20. The zero-order chi connectivity index (χ0) is 17.3. The van der Waals surface area contributed by atoms with Gasteiger partial charge in [0.2, 0.25) is 13.2 Å². The van der Waals surface area contributed by atoms with Crippen LogP contribution in [0.25, 0.3) is 11.4 Å². The zero-order valence-electron chi connectivity index (χ0n) is 12.8. The Kier molecular flexibility index (Phi) is 4.96. The molecular weight excluding hydrogens is 332 g/mol. The number of halogens is 3. The van der Waals surface area contributed by atoms with E-state index < -0.39 is 19.4 Å². The Morgan fingerprint density at radius 3 is 2.39 bits per heavy atom. The molecule has 2 rings (SSSR count). The van der Waals surface area contributed by atoms with Gasteiger partial charge in [0.15, 0.2) is 0 Å². The Morgan fingerprint density at radius 1 is 1.30 bits per heavy atom. The molecular formula is C14H16F3N2O3P. The van der Waals surface area contributed by atoms with Gasteiger partial charge in [-0.1, -0.05) is 29.4 Å². The number of benzene rings is 1. The molecule has 0 amide bonds. The summed E-state index contributed by atoms with van der Waals surface area (Å²) in [5.41, 5.74) is 0.808. The van der Waals surface area contributed by atoms with E-state index >= 15 is 0 Å². The van der Waals surface area contributed by atoms with Crippen LogP contribution in [0.3, 0.4) is 0 Å². The molecule has 0 spiro atoms. The standard InChI is InChI=1S/C14H16F3N2O3P/c1-4-21-23(3,20)9(2)10-5-7-11(8-6-10)12-18-13(22-19-12)14(15,16)17/h5-9H,4H2,1-3H3. The third-order valence-electron chi connectivity index (χ3n) is 3.41. The highest BCUT2D eigenvalue weighted by atomic mass is 31.2. The molecule has 5 nitrogen and oxygen atoms in total. The molecule has 0 saturated heterocycles. The number of rotatable bonds is 5. The van der Waals surface area contributed by atoms with Crippen molar-refractivity contribution in [2.24, 2.45) is 0 Å². The molecule has 126 valence electrons. The van der Waals surface area contributed by atoms with Gasteiger partial charge in [0.1, 0.15) is 0 Å². The number of hydrogen-bond donors (Lipinski definition) is 0. The highest BCUT2D eigenvalue weighted by molar-refractivity contribution is 7.58. The number of nitrogens with zero attached hydrogens (tertiary/aromatic N) is 2. The topological polar surface area (TPSA) is 65.2 Å². The molecule has 0 aliphatic rings. The van der Waals surface area contributed by atoms with Crippen molar-refractivity contribution < 1.29 is 26.8 Å².